The molecule has 2 atom stereocenters. The predicted octanol–water partition coefficient (Wildman–Crippen LogP) is 2.59. The maximum absolute atomic E-state index is 5.76. The van der Waals surface area contributed by atoms with E-state index in [9.17, 15) is 0 Å². The Balaban J connectivity index is 1.85. The van der Waals surface area contributed by atoms with Gasteiger partial charge >= 0.3 is 0 Å². The molecule has 1 saturated carbocycles. The summed E-state index contributed by atoms with van der Waals surface area (Å²) in [6, 6.07) is 0.524. The maximum Gasteiger partial charge on any atom is 0.122 e. The average Bonchev–Trinajstić information content (AvgIpc) is 2.81. The molecular weight excluding hydrogens is 238 g/mol. The Morgan fingerprint density at radius 1 is 1.47 bits per heavy atom. The van der Waals surface area contributed by atoms with Crippen LogP contribution in [-0.2, 0) is 17.8 Å². The minimum Gasteiger partial charge on any atom is -0.378 e. The Morgan fingerprint density at radius 2 is 2.26 bits per heavy atom. The summed E-state index contributed by atoms with van der Waals surface area (Å²) in [7, 11) is 0. The van der Waals surface area contributed by atoms with Crippen LogP contribution in [0.25, 0.3) is 0 Å². The van der Waals surface area contributed by atoms with E-state index in [2.05, 4.69) is 48.8 Å². The van der Waals surface area contributed by atoms with E-state index in [1.807, 2.05) is 6.20 Å². The van der Waals surface area contributed by atoms with Gasteiger partial charge in [0.1, 0.15) is 5.82 Å². The molecule has 2 unspecified atom stereocenters. The molecule has 19 heavy (non-hydrogen) atoms. The van der Waals surface area contributed by atoms with Crippen LogP contribution >= 0.6 is 0 Å². The molecular formula is C15H27N3O. The van der Waals surface area contributed by atoms with Gasteiger partial charge in [-0.15, -0.1) is 0 Å². The van der Waals surface area contributed by atoms with Crippen LogP contribution in [0.15, 0.2) is 12.4 Å². The summed E-state index contributed by atoms with van der Waals surface area (Å²) in [5, 5.41) is 3.64. The van der Waals surface area contributed by atoms with Crippen LogP contribution in [0.3, 0.4) is 0 Å². The first kappa shape index (κ1) is 14.5. The standard InChI is InChI=1S/C15H27N3O/c1-5-8-18-9-7-16-14(18)11-17-12-10-13(19-6-2)15(12,3)4/h7,9,12-13,17H,5-6,8,10-11H2,1-4H3. The molecule has 1 aromatic rings. The third-order valence-corrected chi connectivity index (χ3v) is 4.32. The Morgan fingerprint density at radius 3 is 2.89 bits per heavy atom. The van der Waals surface area contributed by atoms with Crippen molar-refractivity contribution >= 4 is 0 Å². The topological polar surface area (TPSA) is 39.1 Å². The fraction of sp³-hybridized carbons (Fsp3) is 0.800. The fourth-order valence-electron chi connectivity index (χ4n) is 2.88. The monoisotopic (exact) mass is 265 g/mol. The van der Waals surface area contributed by atoms with Gasteiger partial charge in [-0.05, 0) is 19.8 Å². The lowest BCUT2D eigenvalue weighted by atomic mass is 9.64. The first-order valence-electron chi connectivity index (χ1n) is 7.44. The van der Waals surface area contributed by atoms with Crippen LogP contribution in [0.2, 0.25) is 0 Å². The van der Waals surface area contributed by atoms with E-state index >= 15 is 0 Å². The van der Waals surface area contributed by atoms with Gasteiger partial charge in [0.05, 0.1) is 12.6 Å². The summed E-state index contributed by atoms with van der Waals surface area (Å²) in [6.07, 6.45) is 6.60. The minimum absolute atomic E-state index is 0.220. The Hall–Kier alpha value is -0.870. The van der Waals surface area contributed by atoms with E-state index in [1.54, 1.807) is 0 Å². The van der Waals surface area contributed by atoms with Crippen molar-refractivity contribution in [3.8, 4) is 0 Å². The van der Waals surface area contributed by atoms with E-state index in [4.69, 9.17) is 4.74 Å². The van der Waals surface area contributed by atoms with Gasteiger partial charge in [-0.2, -0.15) is 0 Å². The van der Waals surface area contributed by atoms with Crippen molar-refractivity contribution in [2.75, 3.05) is 6.61 Å². The highest BCUT2D eigenvalue weighted by atomic mass is 16.5. The third-order valence-electron chi connectivity index (χ3n) is 4.32. The fourth-order valence-corrected chi connectivity index (χ4v) is 2.88. The number of aromatic nitrogens is 2. The highest BCUT2D eigenvalue weighted by Crippen LogP contribution is 2.42. The average molecular weight is 265 g/mol. The lowest BCUT2D eigenvalue weighted by Gasteiger charge is -2.51. The Bertz CT molecular complexity index is 400. The number of hydrogen-bond donors (Lipinski definition) is 1. The number of nitrogens with one attached hydrogen (secondary N) is 1. The molecule has 0 aliphatic heterocycles. The van der Waals surface area contributed by atoms with Gasteiger partial charge in [0.2, 0.25) is 0 Å². The van der Waals surface area contributed by atoms with Crippen molar-refractivity contribution < 1.29 is 4.74 Å². The molecule has 2 rings (SSSR count). The Kier molecular flexibility index (Phi) is 4.63. The molecule has 0 amide bonds. The number of ether oxygens (including phenoxy) is 1. The van der Waals surface area contributed by atoms with Gasteiger partial charge in [0.15, 0.2) is 0 Å². The molecule has 0 bridgehead atoms. The predicted molar refractivity (Wildman–Crippen MR) is 77.0 cm³/mol. The van der Waals surface area contributed by atoms with Gasteiger partial charge in [-0.3, -0.25) is 0 Å². The summed E-state index contributed by atoms with van der Waals surface area (Å²) < 4.78 is 8.00. The zero-order valence-electron chi connectivity index (χ0n) is 12.6. The normalized spacial score (nSPS) is 25.3. The number of aryl methyl sites for hydroxylation is 1. The van der Waals surface area contributed by atoms with Crippen molar-refractivity contribution in [3.63, 3.8) is 0 Å². The second kappa shape index (κ2) is 6.06. The SMILES string of the molecule is CCCn1ccnc1CNC1CC(OCC)C1(C)C. The van der Waals surface area contributed by atoms with E-state index in [0.717, 1.165) is 38.4 Å². The van der Waals surface area contributed by atoms with Gasteiger partial charge in [0.25, 0.3) is 0 Å². The molecule has 0 spiro atoms. The molecule has 1 N–H and O–H groups in total. The summed E-state index contributed by atoms with van der Waals surface area (Å²) in [5.74, 6) is 1.14. The van der Waals surface area contributed by atoms with Crippen molar-refractivity contribution in [3.05, 3.63) is 18.2 Å². The molecule has 1 aliphatic carbocycles. The van der Waals surface area contributed by atoms with E-state index < -0.39 is 0 Å². The summed E-state index contributed by atoms with van der Waals surface area (Å²) in [6.45, 7) is 11.5. The second-order valence-electron chi connectivity index (χ2n) is 5.97. The van der Waals surface area contributed by atoms with E-state index in [-0.39, 0.29) is 5.41 Å². The third kappa shape index (κ3) is 3.00. The molecule has 1 heterocycles. The Labute approximate surface area is 116 Å². The second-order valence-corrected chi connectivity index (χ2v) is 5.97. The zero-order valence-corrected chi connectivity index (χ0v) is 12.6. The highest BCUT2D eigenvalue weighted by Gasteiger charge is 2.48. The molecule has 0 aromatic carbocycles. The molecule has 1 fully saturated rings. The van der Waals surface area contributed by atoms with Gasteiger partial charge in [-0.25, -0.2) is 4.98 Å². The maximum atomic E-state index is 5.76. The van der Waals surface area contributed by atoms with E-state index in [0.29, 0.717) is 12.1 Å². The smallest absolute Gasteiger partial charge is 0.122 e. The van der Waals surface area contributed by atoms with Crippen molar-refractivity contribution in [2.45, 2.75) is 65.8 Å². The molecule has 0 radical (unpaired) electrons. The van der Waals surface area contributed by atoms with Crippen LogP contribution in [0.1, 0.15) is 46.4 Å². The van der Waals surface area contributed by atoms with Gasteiger partial charge in [-0.1, -0.05) is 20.8 Å². The van der Waals surface area contributed by atoms with Crippen LogP contribution in [0.4, 0.5) is 0 Å². The molecule has 1 aromatic heterocycles. The zero-order chi connectivity index (χ0) is 13.9. The quantitative estimate of drug-likeness (QED) is 0.823. The van der Waals surface area contributed by atoms with E-state index in [1.165, 1.54) is 0 Å². The van der Waals surface area contributed by atoms with Crippen molar-refractivity contribution in [2.24, 2.45) is 5.41 Å². The van der Waals surface area contributed by atoms with Crippen LogP contribution in [0.5, 0.6) is 0 Å². The highest BCUT2D eigenvalue weighted by molar-refractivity contribution is 5.04. The van der Waals surface area contributed by atoms with Crippen LogP contribution in [0, 0.1) is 5.41 Å². The lowest BCUT2D eigenvalue weighted by Crippen LogP contribution is -2.60. The van der Waals surface area contributed by atoms with Gasteiger partial charge in [0, 0.05) is 37.0 Å². The number of nitrogens with zero attached hydrogens (tertiary/aromatic N) is 2. The summed E-state index contributed by atoms with van der Waals surface area (Å²) in [4.78, 5) is 4.44. The van der Waals surface area contributed by atoms with Crippen LogP contribution in [-0.4, -0.2) is 28.3 Å². The lowest BCUT2D eigenvalue weighted by molar-refractivity contribution is -0.114. The molecule has 4 heteroatoms. The first-order chi connectivity index (χ1) is 9.09. The largest absolute Gasteiger partial charge is 0.378 e. The van der Waals surface area contributed by atoms with Crippen molar-refractivity contribution in [1.29, 1.82) is 0 Å². The molecule has 1 aliphatic rings. The van der Waals surface area contributed by atoms with Crippen LogP contribution < -0.4 is 5.32 Å². The number of rotatable bonds is 7. The summed E-state index contributed by atoms with van der Waals surface area (Å²) >= 11 is 0. The van der Waals surface area contributed by atoms with Gasteiger partial charge < -0.3 is 14.6 Å². The molecule has 0 saturated heterocycles. The number of imidazole rings is 1. The minimum atomic E-state index is 0.220. The molecule has 108 valence electrons. The van der Waals surface area contributed by atoms with Crippen molar-refractivity contribution in [1.82, 2.24) is 14.9 Å². The first-order valence-corrected chi connectivity index (χ1v) is 7.44. The molecule has 4 nitrogen and oxygen atoms in total. The number of hydrogen-bond acceptors (Lipinski definition) is 3. The summed E-state index contributed by atoms with van der Waals surface area (Å²) in [5.41, 5.74) is 0.220.